The molecule has 2 aliphatic carbocycles. The first kappa shape index (κ1) is 21.9. The summed E-state index contributed by atoms with van der Waals surface area (Å²) < 4.78 is 43.6. The van der Waals surface area contributed by atoms with Gasteiger partial charge in [-0.15, -0.1) is 0 Å². The third-order valence-corrected chi connectivity index (χ3v) is 7.87. The van der Waals surface area contributed by atoms with E-state index in [0.717, 1.165) is 0 Å². The predicted molar refractivity (Wildman–Crippen MR) is 118 cm³/mol. The van der Waals surface area contributed by atoms with Crippen LogP contribution in [-0.4, -0.2) is 21.8 Å². The molecule has 2 aromatic heterocycles. The van der Waals surface area contributed by atoms with Crippen molar-refractivity contribution in [3.05, 3.63) is 74.0 Å². The van der Waals surface area contributed by atoms with Gasteiger partial charge in [0, 0.05) is 36.2 Å². The van der Waals surface area contributed by atoms with Gasteiger partial charge in [-0.1, -0.05) is 17.7 Å². The number of carbonyl (C=O) groups excluding carboxylic acids is 1. The summed E-state index contributed by atoms with van der Waals surface area (Å²) in [5, 5.41) is 0.0402. The van der Waals surface area contributed by atoms with Crippen LogP contribution in [0.3, 0.4) is 0 Å². The highest BCUT2D eigenvalue weighted by molar-refractivity contribution is 6.31. The number of rotatable bonds is 3. The lowest BCUT2D eigenvalue weighted by atomic mass is 9.78. The quantitative estimate of drug-likeness (QED) is 0.555. The number of hydrogen-bond donors (Lipinski definition) is 2. The predicted octanol–water partition coefficient (Wildman–Crippen LogP) is 5.06. The van der Waals surface area contributed by atoms with Crippen LogP contribution in [0.2, 0.25) is 5.02 Å². The van der Waals surface area contributed by atoms with E-state index in [4.69, 9.17) is 17.3 Å². The Hall–Kier alpha value is -2.87. The van der Waals surface area contributed by atoms with E-state index < -0.39 is 34.9 Å². The first-order valence-electron chi connectivity index (χ1n) is 10.7. The molecule has 2 heterocycles. The normalized spacial score (nSPS) is 26.0. The number of aromatic nitrogens is 2. The maximum atomic E-state index is 14.8. The lowest BCUT2D eigenvalue weighted by molar-refractivity contribution is -0.0415. The van der Waals surface area contributed by atoms with Crippen molar-refractivity contribution in [2.75, 3.05) is 0 Å². The molecule has 33 heavy (non-hydrogen) atoms. The molecule has 2 fully saturated rings. The minimum absolute atomic E-state index is 0.0244. The second-order valence-corrected chi connectivity index (χ2v) is 9.43. The van der Waals surface area contributed by atoms with Crippen LogP contribution in [0.25, 0.3) is 10.9 Å². The van der Waals surface area contributed by atoms with E-state index >= 15 is 0 Å². The molecule has 2 saturated carbocycles. The molecule has 172 valence electrons. The summed E-state index contributed by atoms with van der Waals surface area (Å²) in [5.74, 6) is -6.19. The van der Waals surface area contributed by atoms with Crippen LogP contribution in [0.5, 0.6) is 0 Å². The van der Waals surface area contributed by atoms with Crippen LogP contribution in [0.4, 0.5) is 13.2 Å². The number of alkyl halides is 2. The first-order chi connectivity index (χ1) is 15.6. The van der Waals surface area contributed by atoms with Crippen LogP contribution in [0.15, 0.2) is 35.3 Å². The Morgan fingerprint density at radius 2 is 2.06 bits per heavy atom. The average molecular weight is 476 g/mol. The molecule has 4 atom stereocenters. The fraction of sp³-hybridized carbons (Fsp3) is 0.375. The van der Waals surface area contributed by atoms with Gasteiger partial charge < -0.3 is 10.7 Å². The van der Waals surface area contributed by atoms with Crippen molar-refractivity contribution < 1.29 is 18.0 Å². The van der Waals surface area contributed by atoms with Crippen LogP contribution >= 0.6 is 11.6 Å². The number of halogens is 4. The third-order valence-electron chi connectivity index (χ3n) is 7.41. The molecule has 0 spiro atoms. The second kappa shape index (κ2) is 7.58. The van der Waals surface area contributed by atoms with Crippen LogP contribution in [0, 0.1) is 24.6 Å². The number of benzene rings is 1. The maximum Gasteiger partial charge on any atom is 0.268 e. The Balaban J connectivity index is 1.69. The molecule has 3 unspecified atom stereocenters. The first-order valence-corrected chi connectivity index (χ1v) is 11.1. The zero-order chi connectivity index (χ0) is 23.7. The number of aromatic amines is 1. The number of primary amides is 1. The van der Waals surface area contributed by atoms with Gasteiger partial charge in [-0.25, -0.2) is 13.2 Å². The van der Waals surface area contributed by atoms with E-state index in [1.54, 1.807) is 19.1 Å². The largest absolute Gasteiger partial charge is 0.364 e. The number of nitrogens with zero attached hydrogens (tertiary/aromatic N) is 1. The molecule has 0 bridgehead atoms. The van der Waals surface area contributed by atoms with Crippen molar-refractivity contribution in [3.8, 4) is 0 Å². The van der Waals surface area contributed by atoms with E-state index in [1.165, 1.54) is 18.3 Å². The maximum absolute atomic E-state index is 14.8. The van der Waals surface area contributed by atoms with E-state index in [9.17, 15) is 22.8 Å². The standard InChI is InChI=1S/C24H21ClF3N3O2/c1-10-11(2-3-15(26)21(10)25)19-12-4-6-24(27,28)14(12)8-13(19)17-9-18(32)20-16(31-17)5-7-30-22(20)23(29)33/h2-3,5,7,9,12-14,19H,4,6,8H2,1H3,(H2,29,33)(H,31,32)/t12?,13?,14?,19-/m1/s1. The Morgan fingerprint density at radius 1 is 1.30 bits per heavy atom. The molecule has 3 N–H and O–H groups in total. The van der Waals surface area contributed by atoms with Crippen LogP contribution in [0.1, 0.15) is 58.4 Å². The number of nitrogens with one attached hydrogen (secondary N) is 1. The fourth-order valence-electron chi connectivity index (χ4n) is 5.96. The smallest absolute Gasteiger partial charge is 0.268 e. The van der Waals surface area contributed by atoms with Crippen molar-refractivity contribution in [2.45, 2.75) is 43.9 Å². The van der Waals surface area contributed by atoms with Gasteiger partial charge in [-0.05, 0) is 54.9 Å². The number of pyridine rings is 2. The van der Waals surface area contributed by atoms with E-state index in [1.807, 2.05) is 0 Å². The summed E-state index contributed by atoms with van der Waals surface area (Å²) in [6.07, 6.45) is 1.68. The number of carbonyl (C=O) groups is 1. The Morgan fingerprint density at radius 3 is 2.79 bits per heavy atom. The summed E-state index contributed by atoms with van der Waals surface area (Å²) in [5.41, 5.74) is 6.84. The third kappa shape index (κ3) is 3.34. The minimum atomic E-state index is -2.81. The van der Waals surface area contributed by atoms with Crippen molar-refractivity contribution in [1.29, 1.82) is 0 Å². The number of H-pyrrole nitrogens is 1. The summed E-state index contributed by atoms with van der Waals surface area (Å²) in [6.45, 7) is 1.69. The zero-order valence-electron chi connectivity index (χ0n) is 17.7. The molecule has 5 rings (SSSR count). The molecule has 1 aromatic carbocycles. The van der Waals surface area contributed by atoms with Gasteiger partial charge in [0.15, 0.2) is 5.43 Å². The van der Waals surface area contributed by atoms with Gasteiger partial charge >= 0.3 is 0 Å². The Labute approximate surface area is 192 Å². The van der Waals surface area contributed by atoms with Gasteiger partial charge in [0.2, 0.25) is 0 Å². The highest BCUT2D eigenvalue weighted by Crippen LogP contribution is 2.63. The lowest BCUT2D eigenvalue weighted by Gasteiger charge is -2.27. The Bertz CT molecular complexity index is 1360. The summed E-state index contributed by atoms with van der Waals surface area (Å²) in [4.78, 5) is 31.8. The lowest BCUT2D eigenvalue weighted by Crippen LogP contribution is -2.23. The highest BCUT2D eigenvalue weighted by atomic mass is 35.5. The van der Waals surface area contributed by atoms with Crippen molar-refractivity contribution in [1.82, 2.24) is 9.97 Å². The molecule has 2 aliphatic rings. The molecule has 0 radical (unpaired) electrons. The van der Waals surface area contributed by atoms with Crippen LogP contribution in [-0.2, 0) is 0 Å². The molecular weight excluding hydrogens is 455 g/mol. The van der Waals surface area contributed by atoms with Gasteiger partial charge in [-0.3, -0.25) is 14.6 Å². The number of amides is 1. The van der Waals surface area contributed by atoms with Gasteiger partial charge in [0.05, 0.1) is 15.9 Å². The highest BCUT2D eigenvalue weighted by Gasteiger charge is 2.59. The fourth-order valence-corrected chi connectivity index (χ4v) is 6.13. The molecule has 3 aromatic rings. The number of fused-ring (bicyclic) bond motifs is 2. The second-order valence-electron chi connectivity index (χ2n) is 9.05. The minimum Gasteiger partial charge on any atom is -0.364 e. The molecule has 1 amide bonds. The average Bonchev–Trinajstić information content (AvgIpc) is 3.29. The van der Waals surface area contributed by atoms with Crippen molar-refractivity contribution in [3.63, 3.8) is 0 Å². The summed E-state index contributed by atoms with van der Waals surface area (Å²) >= 11 is 6.17. The van der Waals surface area contributed by atoms with Gasteiger partial charge in [0.1, 0.15) is 11.5 Å². The van der Waals surface area contributed by atoms with E-state index in [-0.39, 0.29) is 40.8 Å². The number of nitrogens with two attached hydrogens (primary N) is 1. The molecular formula is C24H21ClF3N3O2. The molecule has 0 saturated heterocycles. The Kier molecular flexibility index (Phi) is 5.04. The van der Waals surface area contributed by atoms with Gasteiger partial charge in [0.25, 0.3) is 11.8 Å². The number of hydrogen-bond acceptors (Lipinski definition) is 3. The monoisotopic (exact) mass is 475 g/mol. The van der Waals surface area contributed by atoms with E-state index in [0.29, 0.717) is 28.8 Å². The van der Waals surface area contributed by atoms with Crippen molar-refractivity contribution >= 4 is 28.4 Å². The molecule has 5 nitrogen and oxygen atoms in total. The van der Waals surface area contributed by atoms with E-state index in [2.05, 4.69) is 9.97 Å². The zero-order valence-corrected chi connectivity index (χ0v) is 18.4. The molecule has 0 aliphatic heterocycles. The van der Waals surface area contributed by atoms with Crippen LogP contribution < -0.4 is 11.2 Å². The summed E-state index contributed by atoms with van der Waals surface area (Å²) in [6, 6.07) is 5.76. The topological polar surface area (TPSA) is 88.8 Å². The SMILES string of the molecule is Cc1c([C@H]2C(c3cc(=O)c4c(C(N)=O)nccc4[nH]3)CC3C2CCC3(F)F)ccc(F)c1Cl. The van der Waals surface area contributed by atoms with Gasteiger partial charge in [-0.2, -0.15) is 0 Å². The molecule has 9 heteroatoms. The summed E-state index contributed by atoms with van der Waals surface area (Å²) in [7, 11) is 0. The van der Waals surface area contributed by atoms with Crippen molar-refractivity contribution in [2.24, 2.45) is 17.6 Å².